The summed E-state index contributed by atoms with van der Waals surface area (Å²) in [5.74, 6) is 1.81. The number of amidine groups is 2. The van der Waals surface area contributed by atoms with Crippen LogP contribution < -0.4 is 14.8 Å². The van der Waals surface area contributed by atoms with Crippen LogP contribution in [0.25, 0.3) is 0 Å². The van der Waals surface area contributed by atoms with Gasteiger partial charge in [0.1, 0.15) is 11.9 Å². The summed E-state index contributed by atoms with van der Waals surface area (Å²) in [5.41, 5.74) is 2.16. The number of benzene rings is 2. The molecule has 0 radical (unpaired) electrons. The van der Waals surface area contributed by atoms with Crippen LogP contribution in [0.3, 0.4) is 0 Å². The molecule has 8 nitrogen and oxygen atoms in total. The van der Waals surface area contributed by atoms with Crippen LogP contribution in [-0.4, -0.2) is 53.7 Å². The zero-order valence-corrected chi connectivity index (χ0v) is 19.8. The third-order valence-corrected chi connectivity index (χ3v) is 6.18. The Hall–Kier alpha value is -3.33. The summed E-state index contributed by atoms with van der Waals surface area (Å²) in [7, 11) is 3.09. The molecule has 2 aromatic carbocycles. The van der Waals surface area contributed by atoms with Gasteiger partial charge in [0.05, 0.1) is 25.7 Å². The Morgan fingerprint density at radius 3 is 2.64 bits per heavy atom. The predicted molar refractivity (Wildman–Crippen MR) is 131 cm³/mol. The molecule has 2 aromatic rings. The van der Waals surface area contributed by atoms with Crippen molar-refractivity contribution in [3.8, 4) is 11.5 Å². The number of para-hydroxylation sites is 1. The number of nitrogens with zero attached hydrogens (tertiary/aromatic N) is 3. The highest BCUT2D eigenvalue weighted by molar-refractivity contribution is 8.14. The van der Waals surface area contributed by atoms with Gasteiger partial charge in [0.15, 0.2) is 16.7 Å². The monoisotopic (exact) mass is 466 g/mol. The van der Waals surface area contributed by atoms with Crippen molar-refractivity contribution in [3.63, 3.8) is 0 Å². The first kappa shape index (κ1) is 22.8. The standard InChI is InChI=1S/C24H26N4O4S/c1-14(2)11-18-23(30)28-22(26-18)16-7-5-6-8-17(16)27-24(28)33-13-21(29)25-15-9-10-19(31-3)20(12-15)32-4/h5-10,12,14,18H,11,13H2,1-4H3,(H,25,29)/t18-/m1/s1. The van der Waals surface area contributed by atoms with Crippen molar-refractivity contribution >= 4 is 46.0 Å². The first-order chi connectivity index (χ1) is 15.9. The number of hydrogen-bond acceptors (Lipinski definition) is 7. The molecule has 0 spiro atoms. The van der Waals surface area contributed by atoms with E-state index in [1.165, 1.54) is 18.9 Å². The molecule has 0 aliphatic carbocycles. The Morgan fingerprint density at radius 1 is 1.15 bits per heavy atom. The molecule has 0 saturated carbocycles. The Kier molecular flexibility index (Phi) is 6.69. The van der Waals surface area contributed by atoms with Gasteiger partial charge in [0.25, 0.3) is 5.91 Å². The van der Waals surface area contributed by atoms with Gasteiger partial charge in [-0.15, -0.1) is 0 Å². The molecule has 0 unspecified atom stereocenters. The van der Waals surface area contributed by atoms with E-state index >= 15 is 0 Å². The fraction of sp³-hybridized carbons (Fsp3) is 0.333. The number of carbonyl (C=O) groups is 2. The fourth-order valence-corrected chi connectivity index (χ4v) is 4.54. The smallest absolute Gasteiger partial charge is 0.259 e. The van der Waals surface area contributed by atoms with E-state index in [-0.39, 0.29) is 17.6 Å². The second-order valence-corrected chi connectivity index (χ2v) is 9.03. The molecule has 0 fully saturated rings. The lowest BCUT2D eigenvalue weighted by Gasteiger charge is -2.25. The molecule has 1 N–H and O–H groups in total. The van der Waals surface area contributed by atoms with Crippen LogP contribution in [0.1, 0.15) is 25.8 Å². The molecule has 33 heavy (non-hydrogen) atoms. The molecule has 2 aliphatic heterocycles. The molecule has 0 saturated heterocycles. The molecule has 1 atom stereocenters. The number of methoxy groups -OCH3 is 2. The summed E-state index contributed by atoms with van der Waals surface area (Å²) in [5, 5.41) is 3.31. The van der Waals surface area contributed by atoms with E-state index in [2.05, 4.69) is 24.2 Å². The van der Waals surface area contributed by atoms with Gasteiger partial charge in [0.2, 0.25) is 5.91 Å². The minimum Gasteiger partial charge on any atom is -0.493 e. The summed E-state index contributed by atoms with van der Waals surface area (Å²) in [6.07, 6.45) is 0.665. The minimum absolute atomic E-state index is 0.0846. The zero-order valence-electron chi connectivity index (χ0n) is 19.0. The Labute approximate surface area is 197 Å². The van der Waals surface area contributed by atoms with Crippen molar-refractivity contribution in [2.24, 2.45) is 15.9 Å². The highest BCUT2D eigenvalue weighted by Gasteiger charge is 2.41. The van der Waals surface area contributed by atoms with E-state index in [9.17, 15) is 9.59 Å². The van der Waals surface area contributed by atoms with Crippen molar-refractivity contribution in [2.75, 3.05) is 25.3 Å². The lowest BCUT2D eigenvalue weighted by molar-refractivity contribution is -0.125. The molecular formula is C24H26N4O4S. The van der Waals surface area contributed by atoms with Crippen LogP contribution in [-0.2, 0) is 9.59 Å². The number of aliphatic imine (C=N–C) groups is 2. The van der Waals surface area contributed by atoms with Gasteiger partial charge in [-0.2, -0.15) is 0 Å². The molecule has 172 valence electrons. The van der Waals surface area contributed by atoms with Crippen molar-refractivity contribution in [1.82, 2.24) is 4.90 Å². The Balaban J connectivity index is 1.51. The largest absolute Gasteiger partial charge is 0.493 e. The lowest BCUT2D eigenvalue weighted by atomic mass is 10.0. The molecular weight excluding hydrogens is 440 g/mol. The first-order valence-electron chi connectivity index (χ1n) is 10.7. The van der Waals surface area contributed by atoms with E-state index in [0.717, 1.165) is 11.3 Å². The van der Waals surface area contributed by atoms with Crippen molar-refractivity contribution in [2.45, 2.75) is 26.3 Å². The molecule has 2 aliphatic rings. The quantitative estimate of drug-likeness (QED) is 0.664. The Bertz CT molecular complexity index is 1150. The van der Waals surface area contributed by atoms with Gasteiger partial charge in [-0.25, -0.2) is 9.89 Å². The summed E-state index contributed by atoms with van der Waals surface area (Å²) >= 11 is 1.21. The molecule has 0 bridgehead atoms. The Morgan fingerprint density at radius 2 is 1.91 bits per heavy atom. The van der Waals surface area contributed by atoms with E-state index < -0.39 is 6.04 Å². The van der Waals surface area contributed by atoms with Gasteiger partial charge in [0, 0.05) is 17.3 Å². The van der Waals surface area contributed by atoms with Gasteiger partial charge >= 0.3 is 0 Å². The van der Waals surface area contributed by atoms with Gasteiger partial charge in [-0.3, -0.25) is 14.6 Å². The zero-order chi connectivity index (χ0) is 23.5. The number of ether oxygens (including phenoxy) is 2. The van der Waals surface area contributed by atoms with Gasteiger partial charge < -0.3 is 14.8 Å². The molecule has 2 amide bonds. The second kappa shape index (κ2) is 9.66. The minimum atomic E-state index is -0.433. The third-order valence-electron chi connectivity index (χ3n) is 5.24. The second-order valence-electron chi connectivity index (χ2n) is 8.09. The van der Waals surface area contributed by atoms with Crippen LogP contribution in [0.15, 0.2) is 52.4 Å². The number of fused-ring (bicyclic) bond motifs is 3. The third kappa shape index (κ3) is 4.73. The van der Waals surface area contributed by atoms with Crippen LogP contribution in [0.5, 0.6) is 11.5 Å². The maximum Gasteiger partial charge on any atom is 0.259 e. The average molecular weight is 467 g/mol. The summed E-state index contributed by atoms with van der Waals surface area (Å²) < 4.78 is 10.5. The van der Waals surface area contributed by atoms with E-state index in [0.29, 0.717) is 40.5 Å². The van der Waals surface area contributed by atoms with E-state index in [4.69, 9.17) is 14.5 Å². The number of carbonyl (C=O) groups excluding carboxylic acids is 2. The fourth-order valence-electron chi connectivity index (χ4n) is 3.74. The van der Waals surface area contributed by atoms with Crippen LogP contribution in [0.4, 0.5) is 11.4 Å². The van der Waals surface area contributed by atoms with Crippen LogP contribution in [0.2, 0.25) is 0 Å². The summed E-state index contributed by atoms with van der Waals surface area (Å²) in [6, 6.07) is 12.3. The topological polar surface area (TPSA) is 92.6 Å². The number of nitrogens with one attached hydrogen (secondary N) is 1. The average Bonchev–Trinajstić information content (AvgIpc) is 3.13. The number of hydrogen-bond donors (Lipinski definition) is 1. The SMILES string of the molecule is COc1ccc(NC(=O)CSC2=Nc3ccccc3C3=N[C@H](CC(C)C)C(=O)N23)cc1OC. The summed E-state index contributed by atoms with van der Waals surface area (Å²) in [6.45, 7) is 4.14. The van der Waals surface area contributed by atoms with E-state index in [1.807, 2.05) is 24.3 Å². The normalized spacial score (nSPS) is 16.7. The lowest BCUT2D eigenvalue weighted by Crippen LogP contribution is -2.41. The van der Waals surface area contributed by atoms with Crippen LogP contribution in [0, 0.1) is 5.92 Å². The van der Waals surface area contributed by atoms with Crippen molar-refractivity contribution in [3.05, 3.63) is 48.0 Å². The van der Waals surface area contributed by atoms with E-state index in [1.54, 1.807) is 30.2 Å². The van der Waals surface area contributed by atoms with Crippen molar-refractivity contribution < 1.29 is 19.1 Å². The molecule has 4 rings (SSSR count). The predicted octanol–water partition coefficient (Wildman–Crippen LogP) is 4.08. The van der Waals surface area contributed by atoms with Gasteiger partial charge in [-0.1, -0.05) is 37.7 Å². The number of thioether (sulfide) groups is 1. The summed E-state index contributed by atoms with van der Waals surface area (Å²) in [4.78, 5) is 36.8. The molecule has 0 aromatic heterocycles. The number of anilines is 1. The number of amides is 2. The van der Waals surface area contributed by atoms with Gasteiger partial charge in [-0.05, 0) is 36.6 Å². The molecule has 2 heterocycles. The van der Waals surface area contributed by atoms with Crippen molar-refractivity contribution in [1.29, 1.82) is 0 Å². The maximum absolute atomic E-state index is 13.2. The molecule has 9 heteroatoms. The number of rotatable bonds is 7. The highest BCUT2D eigenvalue weighted by Crippen LogP contribution is 2.35. The highest BCUT2D eigenvalue weighted by atomic mass is 32.2. The van der Waals surface area contributed by atoms with Crippen LogP contribution >= 0.6 is 11.8 Å². The first-order valence-corrected chi connectivity index (χ1v) is 11.6. The maximum atomic E-state index is 13.2.